The van der Waals surface area contributed by atoms with E-state index in [1.54, 1.807) is 0 Å². The van der Waals surface area contributed by atoms with E-state index in [9.17, 15) is 4.39 Å². The summed E-state index contributed by atoms with van der Waals surface area (Å²) in [5, 5.41) is 0. The Bertz CT molecular complexity index is 588. The highest BCUT2D eigenvalue weighted by Gasteiger charge is 2.22. The molecule has 0 saturated carbocycles. The van der Waals surface area contributed by atoms with Crippen molar-refractivity contribution in [2.24, 2.45) is 0 Å². The topological polar surface area (TPSA) is 21.1 Å². The van der Waals surface area contributed by atoms with E-state index >= 15 is 0 Å². The van der Waals surface area contributed by atoms with Gasteiger partial charge in [-0.15, -0.1) is 11.6 Å². The molecule has 0 amide bonds. The molecular formula is C14H17ClFN3. The van der Waals surface area contributed by atoms with E-state index < -0.39 is 0 Å². The molecule has 3 nitrogen and oxygen atoms in total. The molecule has 1 aliphatic heterocycles. The standard InChI is InChI=1S/C14H17ClFN3/c1-18-6-4-11(5-7-18)19-13-3-2-10(16)8-12(13)17-14(19)9-15/h2-3,8,11H,4-7,9H2,1H3. The fourth-order valence-corrected chi connectivity index (χ4v) is 3.07. The molecule has 0 N–H and O–H groups in total. The van der Waals surface area contributed by atoms with E-state index in [2.05, 4.69) is 21.5 Å². The van der Waals surface area contributed by atoms with E-state index in [0.717, 1.165) is 37.3 Å². The summed E-state index contributed by atoms with van der Waals surface area (Å²) in [7, 11) is 2.14. The van der Waals surface area contributed by atoms with Crippen LogP contribution >= 0.6 is 11.6 Å². The number of halogens is 2. The average Bonchev–Trinajstić information content (AvgIpc) is 2.77. The van der Waals surface area contributed by atoms with Crippen molar-refractivity contribution in [1.82, 2.24) is 14.5 Å². The summed E-state index contributed by atoms with van der Waals surface area (Å²) in [5.74, 6) is 0.960. The second-order valence-electron chi connectivity index (χ2n) is 5.20. The quantitative estimate of drug-likeness (QED) is 0.789. The van der Waals surface area contributed by atoms with Gasteiger partial charge in [-0.2, -0.15) is 0 Å². The van der Waals surface area contributed by atoms with Crippen LogP contribution in [-0.2, 0) is 5.88 Å². The lowest BCUT2D eigenvalue weighted by atomic mass is 10.0. The first-order valence-electron chi connectivity index (χ1n) is 6.60. The van der Waals surface area contributed by atoms with Crippen molar-refractivity contribution in [3.05, 3.63) is 29.8 Å². The van der Waals surface area contributed by atoms with Crippen LogP contribution in [0.1, 0.15) is 24.7 Å². The number of aromatic nitrogens is 2. The highest BCUT2D eigenvalue weighted by atomic mass is 35.5. The van der Waals surface area contributed by atoms with E-state index in [0.29, 0.717) is 17.4 Å². The normalized spacial score (nSPS) is 18.3. The van der Waals surface area contributed by atoms with Gasteiger partial charge in [-0.3, -0.25) is 0 Å². The number of hydrogen-bond acceptors (Lipinski definition) is 2. The van der Waals surface area contributed by atoms with Crippen molar-refractivity contribution >= 4 is 22.6 Å². The minimum Gasteiger partial charge on any atom is -0.324 e. The molecule has 5 heteroatoms. The molecular weight excluding hydrogens is 265 g/mol. The summed E-state index contributed by atoms with van der Waals surface area (Å²) in [6.07, 6.45) is 2.17. The number of rotatable bonds is 2. The summed E-state index contributed by atoms with van der Waals surface area (Å²) in [6, 6.07) is 5.21. The Balaban J connectivity index is 2.05. The van der Waals surface area contributed by atoms with E-state index in [1.807, 2.05) is 6.07 Å². The van der Waals surface area contributed by atoms with Gasteiger partial charge in [0, 0.05) is 12.1 Å². The second kappa shape index (κ2) is 5.10. The molecule has 0 bridgehead atoms. The molecule has 1 aromatic heterocycles. The lowest BCUT2D eigenvalue weighted by Gasteiger charge is -2.31. The predicted molar refractivity (Wildman–Crippen MR) is 75.0 cm³/mol. The Labute approximate surface area is 117 Å². The van der Waals surface area contributed by atoms with Crippen molar-refractivity contribution < 1.29 is 4.39 Å². The number of nitrogens with zero attached hydrogens (tertiary/aromatic N) is 3. The van der Waals surface area contributed by atoms with Gasteiger partial charge in [0.2, 0.25) is 0 Å². The maximum Gasteiger partial charge on any atom is 0.125 e. The number of hydrogen-bond donors (Lipinski definition) is 0. The summed E-state index contributed by atoms with van der Waals surface area (Å²) >= 11 is 6.00. The smallest absolute Gasteiger partial charge is 0.125 e. The van der Waals surface area contributed by atoms with Gasteiger partial charge in [0.05, 0.1) is 16.9 Å². The van der Waals surface area contributed by atoms with Crippen molar-refractivity contribution in [3.8, 4) is 0 Å². The van der Waals surface area contributed by atoms with E-state index in [1.165, 1.54) is 12.1 Å². The molecule has 1 aromatic carbocycles. The second-order valence-corrected chi connectivity index (χ2v) is 5.47. The van der Waals surface area contributed by atoms with Crippen LogP contribution in [0.15, 0.2) is 18.2 Å². The summed E-state index contributed by atoms with van der Waals surface area (Å²) < 4.78 is 15.5. The number of alkyl halides is 1. The summed E-state index contributed by atoms with van der Waals surface area (Å²) in [6.45, 7) is 2.15. The average molecular weight is 282 g/mol. The van der Waals surface area contributed by atoms with Crippen LogP contribution in [0.5, 0.6) is 0 Å². The number of fused-ring (bicyclic) bond motifs is 1. The Morgan fingerprint density at radius 2 is 2.11 bits per heavy atom. The van der Waals surface area contributed by atoms with Gasteiger partial charge in [0.15, 0.2) is 0 Å². The van der Waals surface area contributed by atoms with Crippen LogP contribution in [0.3, 0.4) is 0 Å². The van der Waals surface area contributed by atoms with Gasteiger partial charge in [-0.05, 0) is 45.1 Å². The van der Waals surface area contributed by atoms with Crippen molar-refractivity contribution in [1.29, 1.82) is 0 Å². The van der Waals surface area contributed by atoms with E-state index in [-0.39, 0.29) is 5.82 Å². The maximum absolute atomic E-state index is 13.3. The first kappa shape index (κ1) is 12.9. The third kappa shape index (κ3) is 2.35. The number of benzene rings is 1. The molecule has 1 saturated heterocycles. The fraction of sp³-hybridized carbons (Fsp3) is 0.500. The van der Waals surface area contributed by atoms with E-state index in [4.69, 9.17) is 11.6 Å². The van der Waals surface area contributed by atoms with Crippen LogP contribution in [-0.4, -0.2) is 34.6 Å². The molecule has 19 heavy (non-hydrogen) atoms. The zero-order valence-electron chi connectivity index (χ0n) is 10.9. The Morgan fingerprint density at radius 1 is 1.37 bits per heavy atom. The molecule has 1 aliphatic rings. The Morgan fingerprint density at radius 3 is 2.79 bits per heavy atom. The van der Waals surface area contributed by atoms with Gasteiger partial charge in [0.25, 0.3) is 0 Å². The lowest BCUT2D eigenvalue weighted by Crippen LogP contribution is -2.31. The van der Waals surface area contributed by atoms with Crippen LogP contribution < -0.4 is 0 Å². The molecule has 2 heterocycles. The number of piperidine rings is 1. The SMILES string of the molecule is CN1CCC(n2c(CCl)nc3cc(F)ccc32)CC1. The molecule has 0 unspecified atom stereocenters. The lowest BCUT2D eigenvalue weighted by molar-refractivity contribution is 0.222. The maximum atomic E-state index is 13.3. The first-order valence-corrected chi connectivity index (χ1v) is 7.13. The van der Waals surface area contributed by atoms with Crippen LogP contribution in [0, 0.1) is 5.82 Å². The molecule has 102 valence electrons. The van der Waals surface area contributed by atoms with Gasteiger partial charge >= 0.3 is 0 Å². The van der Waals surface area contributed by atoms with Crippen molar-refractivity contribution in [3.63, 3.8) is 0 Å². The highest BCUT2D eigenvalue weighted by molar-refractivity contribution is 6.16. The molecule has 3 rings (SSSR count). The molecule has 0 radical (unpaired) electrons. The first-order chi connectivity index (χ1) is 9.19. The van der Waals surface area contributed by atoms with Gasteiger partial charge in [-0.25, -0.2) is 9.37 Å². The van der Waals surface area contributed by atoms with Crippen molar-refractivity contribution in [2.45, 2.75) is 24.8 Å². The zero-order valence-corrected chi connectivity index (χ0v) is 11.7. The minimum atomic E-state index is -0.248. The molecule has 0 spiro atoms. The predicted octanol–water partition coefficient (Wildman–Crippen LogP) is 3.18. The third-order valence-electron chi connectivity index (χ3n) is 3.90. The molecule has 1 fully saturated rings. The van der Waals surface area contributed by atoms with Crippen LogP contribution in [0.2, 0.25) is 0 Å². The molecule has 2 aromatic rings. The summed E-state index contributed by atoms with van der Waals surface area (Å²) in [5.41, 5.74) is 1.70. The number of likely N-dealkylation sites (tertiary alicyclic amines) is 1. The highest BCUT2D eigenvalue weighted by Crippen LogP contribution is 2.29. The van der Waals surface area contributed by atoms with Gasteiger partial charge < -0.3 is 9.47 Å². The van der Waals surface area contributed by atoms with Gasteiger partial charge in [0.1, 0.15) is 11.6 Å². The monoisotopic (exact) mass is 281 g/mol. The van der Waals surface area contributed by atoms with Crippen molar-refractivity contribution in [2.75, 3.05) is 20.1 Å². The minimum absolute atomic E-state index is 0.248. The zero-order chi connectivity index (χ0) is 13.4. The van der Waals surface area contributed by atoms with Crippen LogP contribution in [0.4, 0.5) is 4.39 Å². The molecule has 0 aliphatic carbocycles. The fourth-order valence-electron chi connectivity index (χ4n) is 2.88. The van der Waals surface area contributed by atoms with Crippen LogP contribution in [0.25, 0.3) is 11.0 Å². The Kier molecular flexibility index (Phi) is 3.46. The molecule has 0 atom stereocenters. The third-order valence-corrected chi connectivity index (χ3v) is 4.14. The number of imidazole rings is 1. The summed E-state index contributed by atoms with van der Waals surface area (Å²) in [4.78, 5) is 6.79. The van der Waals surface area contributed by atoms with Gasteiger partial charge in [-0.1, -0.05) is 0 Å². The Hall–Kier alpha value is -1.13. The largest absolute Gasteiger partial charge is 0.324 e.